The number of carbonyl (C=O) groups is 2. The van der Waals surface area contributed by atoms with E-state index >= 15 is 0 Å². The molecule has 0 heterocycles. The summed E-state index contributed by atoms with van der Waals surface area (Å²) < 4.78 is 30.7. The number of Topliss-reactive ketones (excluding diaryl/α,β-unsaturated/α-hetero) is 1. The van der Waals surface area contributed by atoms with Crippen molar-refractivity contribution >= 4 is 33.2 Å². The molecule has 0 aromatic heterocycles. The van der Waals surface area contributed by atoms with E-state index in [0.717, 1.165) is 6.92 Å². The first-order valence-electron chi connectivity index (χ1n) is 5.32. The molecule has 0 fully saturated rings. The number of nitrogens with two attached hydrogens (primary N) is 1. The molecular formula is C11H14N2O5S. The quantitative estimate of drug-likeness (QED) is 0.532. The van der Waals surface area contributed by atoms with Crippen LogP contribution in [0.4, 0.5) is 11.4 Å². The smallest absolute Gasteiger partial charge is 0.275 e. The molecule has 1 aromatic rings. The lowest BCUT2D eigenvalue weighted by Crippen LogP contribution is -2.32. The highest BCUT2D eigenvalue weighted by Gasteiger charge is 2.30. The first kappa shape index (κ1) is 15.1. The Balaban J connectivity index is 2.74. The van der Waals surface area contributed by atoms with E-state index in [1.54, 1.807) is 12.1 Å². The van der Waals surface area contributed by atoms with Gasteiger partial charge in [0.05, 0.1) is 6.42 Å². The Bertz CT molecular complexity index is 580. The standard InChI is InChI=1S/C11H14N2O5S/c1-7(14)10(19(16,17)18)6-11(15)13-9-4-2-8(12)3-5-9/h2-5,10H,6,12H2,1H3,(H,13,15)(H,16,17,18). The maximum Gasteiger partial charge on any atom is 0.275 e. The van der Waals surface area contributed by atoms with Crippen LogP contribution in [0.5, 0.6) is 0 Å². The van der Waals surface area contributed by atoms with Crippen LogP contribution in [0.1, 0.15) is 13.3 Å². The van der Waals surface area contributed by atoms with Crippen LogP contribution in [-0.4, -0.2) is 29.9 Å². The summed E-state index contributed by atoms with van der Waals surface area (Å²) >= 11 is 0. The van der Waals surface area contributed by atoms with Gasteiger partial charge in [0.1, 0.15) is 0 Å². The Hall–Kier alpha value is -1.93. The lowest BCUT2D eigenvalue weighted by atomic mass is 10.2. The predicted molar refractivity (Wildman–Crippen MR) is 70.1 cm³/mol. The van der Waals surface area contributed by atoms with E-state index in [4.69, 9.17) is 10.3 Å². The molecule has 1 atom stereocenters. The summed E-state index contributed by atoms with van der Waals surface area (Å²) in [5, 5.41) is 0.655. The number of carbonyl (C=O) groups excluding carboxylic acids is 2. The lowest BCUT2D eigenvalue weighted by Gasteiger charge is -2.10. The Kier molecular flexibility index (Phi) is 4.62. The highest BCUT2D eigenvalue weighted by molar-refractivity contribution is 7.87. The minimum atomic E-state index is -4.59. The van der Waals surface area contributed by atoms with Crippen molar-refractivity contribution in [3.05, 3.63) is 24.3 Å². The van der Waals surface area contributed by atoms with Crippen molar-refractivity contribution in [1.29, 1.82) is 0 Å². The number of ketones is 1. The molecule has 0 aliphatic carbocycles. The number of amides is 1. The minimum absolute atomic E-state index is 0.414. The number of nitrogen functional groups attached to an aromatic ring is 1. The average Bonchev–Trinajstić information content (AvgIpc) is 2.27. The fraction of sp³-hybridized carbons (Fsp3) is 0.273. The second kappa shape index (κ2) is 5.81. The second-order valence-corrected chi connectivity index (χ2v) is 5.59. The third-order valence-corrected chi connectivity index (χ3v) is 3.60. The number of benzene rings is 1. The van der Waals surface area contributed by atoms with Gasteiger partial charge in [-0.2, -0.15) is 8.42 Å². The van der Waals surface area contributed by atoms with Crippen LogP contribution in [0.2, 0.25) is 0 Å². The minimum Gasteiger partial charge on any atom is -0.399 e. The number of hydrogen-bond acceptors (Lipinski definition) is 5. The van der Waals surface area contributed by atoms with Crippen molar-refractivity contribution in [1.82, 2.24) is 0 Å². The zero-order valence-corrected chi connectivity index (χ0v) is 11.0. The first-order valence-corrected chi connectivity index (χ1v) is 6.82. The summed E-state index contributed by atoms with van der Waals surface area (Å²) in [6.45, 7) is 0.995. The fourth-order valence-corrected chi connectivity index (χ4v) is 2.19. The van der Waals surface area contributed by atoms with Crippen molar-refractivity contribution < 1.29 is 22.6 Å². The molecule has 104 valence electrons. The molecule has 0 bridgehead atoms. The third kappa shape index (κ3) is 4.68. The van der Waals surface area contributed by atoms with Crippen LogP contribution in [-0.2, 0) is 19.7 Å². The zero-order valence-electron chi connectivity index (χ0n) is 10.2. The maximum atomic E-state index is 11.6. The molecule has 0 aliphatic rings. The van der Waals surface area contributed by atoms with Gasteiger partial charge in [-0.05, 0) is 31.2 Å². The van der Waals surface area contributed by atoms with Gasteiger partial charge in [-0.15, -0.1) is 0 Å². The van der Waals surface area contributed by atoms with Crippen LogP contribution in [0.3, 0.4) is 0 Å². The van der Waals surface area contributed by atoms with E-state index in [1.165, 1.54) is 12.1 Å². The summed E-state index contributed by atoms with van der Waals surface area (Å²) in [5.74, 6) is -1.49. The van der Waals surface area contributed by atoms with E-state index in [9.17, 15) is 18.0 Å². The first-order chi connectivity index (χ1) is 8.70. The monoisotopic (exact) mass is 286 g/mol. The van der Waals surface area contributed by atoms with Gasteiger partial charge in [-0.1, -0.05) is 0 Å². The molecule has 19 heavy (non-hydrogen) atoms. The molecule has 8 heteroatoms. The molecule has 1 unspecified atom stereocenters. The molecule has 0 saturated heterocycles. The predicted octanol–water partition coefficient (Wildman–Crippen LogP) is 0.443. The highest BCUT2D eigenvalue weighted by Crippen LogP contribution is 2.12. The Morgan fingerprint density at radius 2 is 1.84 bits per heavy atom. The molecule has 4 N–H and O–H groups in total. The van der Waals surface area contributed by atoms with E-state index in [2.05, 4.69) is 5.32 Å². The van der Waals surface area contributed by atoms with E-state index in [1.807, 2.05) is 0 Å². The van der Waals surface area contributed by atoms with Gasteiger partial charge < -0.3 is 11.1 Å². The average molecular weight is 286 g/mol. The summed E-state index contributed by atoms with van der Waals surface area (Å²) in [6.07, 6.45) is -0.640. The van der Waals surface area contributed by atoms with Crippen LogP contribution < -0.4 is 11.1 Å². The van der Waals surface area contributed by atoms with Gasteiger partial charge >= 0.3 is 0 Å². The molecule has 0 aliphatic heterocycles. The van der Waals surface area contributed by atoms with Crippen LogP contribution in [0.25, 0.3) is 0 Å². The van der Waals surface area contributed by atoms with Gasteiger partial charge in [0.2, 0.25) is 5.91 Å². The molecule has 0 saturated carbocycles. The topological polar surface area (TPSA) is 127 Å². The van der Waals surface area contributed by atoms with Gasteiger partial charge in [0, 0.05) is 11.4 Å². The summed E-state index contributed by atoms with van der Waals surface area (Å²) in [6, 6.07) is 6.18. The number of rotatable bonds is 5. The summed E-state index contributed by atoms with van der Waals surface area (Å²) in [5.41, 5.74) is 6.39. The van der Waals surface area contributed by atoms with E-state index < -0.39 is 33.5 Å². The van der Waals surface area contributed by atoms with Gasteiger partial charge in [-0.25, -0.2) is 0 Å². The highest BCUT2D eigenvalue weighted by atomic mass is 32.2. The fourth-order valence-electron chi connectivity index (χ4n) is 1.41. The van der Waals surface area contributed by atoms with E-state index in [-0.39, 0.29) is 0 Å². The molecule has 0 spiro atoms. The van der Waals surface area contributed by atoms with E-state index in [0.29, 0.717) is 11.4 Å². The normalized spacial score (nSPS) is 12.7. The van der Waals surface area contributed by atoms with Crippen LogP contribution >= 0.6 is 0 Å². The molecule has 0 radical (unpaired) electrons. The molecule has 1 aromatic carbocycles. The zero-order chi connectivity index (χ0) is 14.6. The van der Waals surface area contributed by atoms with Gasteiger partial charge in [0.25, 0.3) is 10.1 Å². The van der Waals surface area contributed by atoms with Gasteiger partial charge in [0.15, 0.2) is 11.0 Å². The Morgan fingerprint density at radius 3 is 2.26 bits per heavy atom. The molecular weight excluding hydrogens is 272 g/mol. The van der Waals surface area contributed by atoms with Crippen molar-refractivity contribution in [3.8, 4) is 0 Å². The SMILES string of the molecule is CC(=O)C(CC(=O)Nc1ccc(N)cc1)S(=O)(=O)O. The third-order valence-electron chi connectivity index (χ3n) is 2.38. The Labute approximate surface area is 110 Å². The van der Waals surface area contributed by atoms with Gasteiger partial charge in [-0.3, -0.25) is 14.1 Å². The van der Waals surface area contributed by atoms with Crippen molar-refractivity contribution in [2.75, 3.05) is 11.1 Å². The largest absolute Gasteiger partial charge is 0.399 e. The summed E-state index contributed by atoms with van der Waals surface area (Å²) in [4.78, 5) is 22.7. The molecule has 1 rings (SSSR count). The van der Waals surface area contributed by atoms with Crippen LogP contribution in [0, 0.1) is 0 Å². The summed E-state index contributed by atoms with van der Waals surface area (Å²) in [7, 11) is -4.59. The lowest BCUT2D eigenvalue weighted by molar-refractivity contribution is -0.121. The van der Waals surface area contributed by atoms with Crippen molar-refractivity contribution in [2.24, 2.45) is 0 Å². The maximum absolute atomic E-state index is 11.6. The Morgan fingerprint density at radius 1 is 1.32 bits per heavy atom. The number of anilines is 2. The number of hydrogen-bond donors (Lipinski definition) is 3. The molecule has 1 amide bonds. The van der Waals surface area contributed by atoms with Crippen LogP contribution in [0.15, 0.2) is 24.3 Å². The second-order valence-electron chi connectivity index (χ2n) is 3.99. The molecule has 7 nitrogen and oxygen atoms in total. The number of nitrogens with one attached hydrogen (secondary N) is 1. The van der Waals surface area contributed by atoms with Crippen molar-refractivity contribution in [3.63, 3.8) is 0 Å². The van der Waals surface area contributed by atoms with Crippen molar-refractivity contribution in [2.45, 2.75) is 18.6 Å².